The molecule has 0 saturated carbocycles. The van der Waals surface area contributed by atoms with Gasteiger partial charge in [0.1, 0.15) is 0 Å². The van der Waals surface area contributed by atoms with E-state index < -0.39 is 0 Å². The normalized spacial score (nSPS) is 10.1. The number of carbonyl (C=O) groups is 2. The van der Waals surface area contributed by atoms with E-state index in [9.17, 15) is 9.59 Å². The third kappa shape index (κ3) is 8.84. The first-order valence-electron chi connectivity index (χ1n) is 7.79. The van der Waals surface area contributed by atoms with Gasteiger partial charge in [0.2, 0.25) is 11.8 Å². The summed E-state index contributed by atoms with van der Waals surface area (Å²) < 4.78 is 0. The molecule has 0 saturated heterocycles. The van der Waals surface area contributed by atoms with Crippen molar-refractivity contribution in [2.75, 3.05) is 6.54 Å². The highest BCUT2D eigenvalue weighted by Gasteiger charge is 2.06. The Morgan fingerprint density at radius 2 is 1.57 bits per heavy atom. The van der Waals surface area contributed by atoms with Crippen molar-refractivity contribution in [1.29, 1.82) is 0 Å². The van der Waals surface area contributed by atoms with Gasteiger partial charge < -0.3 is 10.6 Å². The summed E-state index contributed by atoms with van der Waals surface area (Å²) in [7, 11) is 0. The third-order valence-electron chi connectivity index (χ3n) is 3.26. The van der Waals surface area contributed by atoms with E-state index in [0.29, 0.717) is 13.1 Å². The maximum atomic E-state index is 11.6. The topological polar surface area (TPSA) is 58.2 Å². The lowest BCUT2D eigenvalue weighted by Gasteiger charge is -2.06. The van der Waals surface area contributed by atoms with Crippen molar-refractivity contribution >= 4 is 11.8 Å². The van der Waals surface area contributed by atoms with Gasteiger partial charge in [-0.2, -0.15) is 0 Å². The predicted octanol–water partition coefficient (Wildman–Crippen LogP) is 2.78. The van der Waals surface area contributed by atoms with Crippen LogP contribution in [0.4, 0.5) is 0 Å². The van der Waals surface area contributed by atoms with E-state index >= 15 is 0 Å². The van der Waals surface area contributed by atoms with Gasteiger partial charge in [-0.3, -0.25) is 9.59 Å². The second-order valence-corrected chi connectivity index (χ2v) is 5.17. The highest BCUT2D eigenvalue weighted by molar-refractivity contribution is 5.83. The molecule has 0 heterocycles. The van der Waals surface area contributed by atoms with Crippen LogP contribution in [0.3, 0.4) is 0 Å². The average molecular weight is 290 g/mol. The van der Waals surface area contributed by atoms with E-state index in [2.05, 4.69) is 17.6 Å². The summed E-state index contributed by atoms with van der Waals surface area (Å²) in [5.41, 5.74) is 1.06. The van der Waals surface area contributed by atoms with Crippen LogP contribution in [-0.2, 0) is 16.1 Å². The van der Waals surface area contributed by atoms with Crippen LogP contribution in [-0.4, -0.2) is 18.4 Å². The SMILES string of the molecule is CCCCCCNC(=O)CCC(=O)NCc1ccccc1. The summed E-state index contributed by atoms with van der Waals surface area (Å²) in [4.78, 5) is 23.2. The largest absolute Gasteiger partial charge is 0.356 e. The van der Waals surface area contributed by atoms with Crippen LogP contribution >= 0.6 is 0 Å². The minimum absolute atomic E-state index is 0.0404. The maximum absolute atomic E-state index is 11.6. The molecule has 0 unspecified atom stereocenters. The van der Waals surface area contributed by atoms with Gasteiger partial charge >= 0.3 is 0 Å². The smallest absolute Gasteiger partial charge is 0.220 e. The number of hydrogen-bond donors (Lipinski definition) is 2. The van der Waals surface area contributed by atoms with Crippen LogP contribution < -0.4 is 10.6 Å². The fourth-order valence-corrected chi connectivity index (χ4v) is 1.98. The van der Waals surface area contributed by atoms with Crippen molar-refractivity contribution in [3.63, 3.8) is 0 Å². The third-order valence-corrected chi connectivity index (χ3v) is 3.26. The number of hydrogen-bond acceptors (Lipinski definition) is 2. The van der Waals surface area contributed by atoms with Crippen LogP contribution in [0.25, 0.3) is 0 Å². The van der Waals surface area contributed by atoms with Gasteiger partial charge in [-0.05, 0) is 12.0 Å². The van der Waals surface area contributed by atoms with E-state index in [0.717, 1.165) is 18.4 Å². The Bertz CT molecular complexity index is 418. The maximum Gasteiger partial charge on any atom is 0.220 e. The number of unbranched alkanes of at least 4 members (excludes halogenated alkanes) is 3. The summed E-state index contributed by atoms with van der Waals surface area (Å²) in [6, 6.07) is 9.74. The van der Waals surface area contributed by atoms with Crippen LogP contribution in [0.15, 0.2) is 30.3 Å². The Balaban J connectivity index is 2.05. The van der Waals surface area contributed by atoms with E-state index in [1.165, 1.54) is 12.8 Å². The molecule has 0 aliphatic heterocycles. The molecule has 1 aromatic rings. The van der Waals surface area contributed by atoms with E-state index in [1.54, 1.807) is 0 Å². The summed E-state index contributed by atoms with van der Waals surface area (Å²) in [6.07, 6.45) is 5.06. The first-order valence-corrected chi connectivity index (χ1v) is 7.79. The lowest BCUT2D eigenvalue weighted by Crippen LogP contribution is -2.28. The molecule has 4 heteroatoms. The molecule has 116 valence electrons. The van der Waals surface area contributed by atoms with Crippen LogP contribution in [0, 0.1) is 0 Å². The fourth-order valence-electron chi connectivity index (χ4n) is 1.98. The Morgan fingerprint density at radius 1 is 0.905 bits per heavy atom. The molecule has 1 rings (SSSR count). The monoisotopic (exact) mass is 290 g/mol. The Kier molecular flexibility index (Phi) is 8.93. The zero-order valence-corrected chi connectivity index (χ0v) is 12.9. The molecule has 0 spiro atoms. The second kappa shape index (κ2) is 10.9. The molecular formula is C17H26N2O2. The number of amides is 2. The zero-order chi connectivity index (χ0) is 15.3. The summed E-state index contributed by atoms with van der Waals surface area (Å²) in [6.45, 7) is 3.38. The second-order valence-electron chi connectivity index (χ2n) is 5.17. The molecule has 0 aliphatic rings. The molecule has 21 heavy (non-hydrogen) atoms. The van der Waals surface area contributed by atoms with E-state index in [4.69, 9.17) is 0 Å². The molecule has 1 aromatic carbocycles. The number of rotatable bonds is 10. The van der Waals surface area contributed by atoms with Crippen molar-refractivity contribution in [3.8, 4) is 0 Å². The molecule has 2 amide bonds. The average Bonchev–Trinajstić information content (AvgIpc) is 2.51. The highest BCUT2D eigenvalue weighted by atomic mass is 16.2. The highest BCUT2D eigenvalue weighted by Crippen LogP contribution is 1.99. The predicted molar refractivity (Wildman–Crippen MR) is 84.7 cm³/mol. The Morgan fingerprint density at radius 3 is 2.24 bits per heavy atom. The van der Waals surface area contributed by atoms with Crippen molar-refractivity contribution in [2.24, 2.45) is 0 Å². The van der Waals surface area contributed by atoms with Crippen molar-refractivity contribution in [3.05, 3.63) is 35.9 Å². The number of carbonyl (C=O) groups excluding carboxylic acids is 2. The molecule has 0 fully saturated rings. The zero-order valence-electron chi connectivity index (χ0n) is 12.9. The first kappa shape index (κ1) is 17.2. The Hall–Kier alpha value is -1.84. The van der Waals surface area contributed by atoms with Gasteiger partial charge in [-0.1, -0.05) is 56.5 Å². The molecule has 0 aromatic heterocycles. The van der Waals surface area contributed by atoms with E-state index in [-0.39, 0.29) is 24.7 Å². The molecule has 2 N–H and O–H groups in total. The number of nitrogens with one attached hydrogen (secondary N) is 2. The number of benzene rings is 1. The molecule has 0 bridgehead atoms. The molecular weight excluding hydrogens is 264 g/mol. The standard InChI is InChI=1S/C17H26N2O2/c1-2-3-4-8-13-18-16(20)11-12-17(21)19-14-15-9-6-5-7-10-15/h5-7,9-10H,2-4,8,11-14H2,1H3,(H,18,20)(H,19,21). The first-order chi connectivity index (χ1) is 10.2. The fraction of sp³-hybridized carbons (Fsp3) is 0.529. The van der Waals surface area contributed by atoms with Crippen molar-refractivity contribution in [1.82, 2.24) is 10.6 Å². The summed E-state index contributed by atoms with van der Waals surface area (Å²) >= 11 is 0. The summed E-state index contributed by atoms with van der Waals surface area (Å²) in [5.74, 6) is -0.124. The molecule has 4 nitrogen and oxygen atoms in total. The van der Waals surface area contributed by atoms with E-state index in [1.807, 2.05) is 30.3 Å². The van der Waals surface area contributed by atoms with Crippen LogP contribution in [0.2, 0.25) is 0 Å². The lowest BCUT2D eigenvalue weighted by atomic mass is 10.2. The molecule has 0 atom stereocenters. The lowest BCUT2D eigenvalue weighted by molar-refractivity contribution is -0.126. The summed E-state index contributed by atoms with van der Waals surface area (Å²) in [5, 5.41) is 5.67. The minimum atomic E-state index is -0.0833. The van der Waals surface area contributed by atoms with Crippen molar-refractivity contribution < 1.29 is 9.59 Å². The Labute approximate surface area is 127 Å². The molecule has 0 radical (unpaired) electrons. The van der Waals surface area contributed by atoms with Crippen molar-refractivity contribution in [2.45, 2.75) is 52.0 Å². The van der Waals surface area contributed by atoms with Gasteiger partial charge in [-0.15, -0.1) is 0 Å². The van der Waals surface area contributed by atoms with Gasteiger partial charge in [0.25, 0.3) is 0 Å². The van der Waals surface area contributed by atoms with Gasteiger partial charge in [0, 0.05) is 25.9 Å². The molecule has 0 aliphatic carbocycles. The van der Waals surface area contributed by atoms with Crippen LogP contribution in [0.1, 0.15) is 51.0 Å². The van der Waals surface area contributed by atoms with Crippen LogP contribution in [0.5, 0.6) is 0 Å². The quantitative estimate of drug-likeness (QED) is 0.651. The van der Waals surface area contributed by atoms with Gasteiger partial charge in [0.05, 0.1) is 0 Å². The van der Waals surface area contributed by atoms with Gasteiger partial charge in [-0.25, -0.2) is 0 Å². The minimum Gasteiger partial charge on any atom is -0.356 e. The van der Waals surface area contributed by atoms with Gasteiger partial charge in [0.15, 0.2) is 0 Å².